The molecule has 1 amide bonds. The van der Waals surface area contributed by atoms with Gasteiger partial charge in [-0.25, -0.2) is 4.39 Å². The molecule has 6 heteroatoms. The molecule has 1 fully saturated rings. The molecule has 2 atom stereocenters. The van der Waals surface area contributed by atoms with Gasteiger partial charge in [-0.05, 0) is 45.3 Å². The summed E-state index contributed by atoms with van der Waals surface area (Å²) in [4.78, 5) is 14.5. The SMILES string of the molecule is CC(C)n1nccc1[C@@H]1OCCC[C@H]1C(=O)N1CCC=C(F)C1. The molecule has 0 spiro atoms. The van der Waals surface area contributed by atoms with Gasteiger partial charge in [0.15, 0.2) is 0 Å². The number of ether oxygens (including phenoxy) is 1. The number of aromatic nitrogens is 2. The fourth-order valence-electron chi connectivity index (χ4n) is 3.43. The summed E-state index contributed by atoms with van der Waals surface area (Å²) in [5, 5.41) is 4.35. The van der Waals surface area contributed by atoms with Gasteiger partial charge in [0, 0.05) is 25.4 Å². The Balaban J connectivity index is 1.82. The number of hydrogen-bond donors (Lipinski definition) is 0. The van der Waals surface area contributed by atoms with Gasteiger partial charge in [-0.15, -0.1) is 0 Å². The molecular formula is C17H24FN3O2. The first-order valence-corrected chi connectivity index (χ1v) is 8.36. The summed E-state index contributed by atoms with van der Waals surface area (Å²) in [6.07, 6.45) is 5.23. The van der Waals surface area contributed by atoms with Crippen LogP contribution in [0.1, 0.15) is 50.9 Å². The van der Waals surface area contributed by atoms with Crippen LogP contribution in [0.5, 0.6) is 0 Å². The molecule has 0 saturated carbocycles. The number of halogens is 1. The van der Waals surface area contributed by atoms with Crippen molar-refractivity contribution < 1.29 is 13.9 Å². The minimum Gasteiger partial charge on any atom is -0.371 e. The first kappa shape index (κ1) is 16.2. The van der Waals surface area contributed by atoms with Crippen LogP contribution >= 0.6 is 0 Å². The summed E-state index contributed by atoms with van der Waals surface area (Å²) in [6.45, 7) is 5.43. The van der Waals surface area contributed by atoms with Crippen LogP contribution in [0.2, 0.25) is 0 Å². The van der Waals surface area contributed by atoms with E-state index in [0.717, 1.165) is 18.5 Å². The molecule has 1 aromatic heterocycles. The van der Waals surface area contributed by atoms with Crippen LogP contribution in [0.25, 0.3) is 0 Å². The Morgan fingerprint density at radius 2 is 2.30 bits per heavy atom. The van der Waals surface area contributed by atoms with Crippen molar-refractivity contribution in [2.75, 3.05) is 19.7 Å². The van der Waals surface area contributed by atoms with Crippen molar-refractivity contribution in [1.29, 1.82) is 0 Å². The predicted octanol–water partition coefficient (Wildman–Crippen LogP) is 3.02. The Morgan fingerprint density at radius 1 is 1.48 bits per heavy atom. The average Bonchev–Trinajstić information content (AvgIpc) is 3.04. The zero-order chi connectivity index (χ0) is 16.4. The van der Waals surface area contributed by atoms with Gasteiger partial charge in [0.05, 0.1) is 18.2 Å². The van der Waals surface area contributed by atoms with E-state index < -0.39 is 0 Å². The molecule has 0 N–H and O–H groups in total. The largest absolute Gasteiger partial charge is 0.371 e. The molecule has 126 valence electrons. The van der Waals surface area contributed by atoms with Gasteiger partial charge in [0.2, 0.25) is 5.91 Å². The maximum atomic E-state index is 13.5. The molecule has 2 aliphatic rings. The van der Waals surface area contributed by atoms with Gasteiger partial charge in [0.25, 0.3) is 0 Å². The summed E-state index contributed by atoms with van der Waals surface area (Å²) in [5.74, 6) is -0.483. The number of rotatable bonds is 3. The summed E-state index contributed by atoms with van der Waals surface area (Å²) >= 11 is 0. The molecule has 1 saturated heterocycles. The van der Waals surface area contributed by atoms with Crippen LogP contribution in [-0.2, 0) is 9.53 Å². The van der Waals surface area contributed by atoms with E-state index in [2.05, 4.69) is 18.9 Å². The molecule has 2 aliphatic heterocycles. The van der Waals surface area contributed by atoms with Crippen molar-refractivity contribution in [2.45, 2.75) is 45.3 Å². The molecule has 1 aromatic rings. The Labute approximate surface area is 136 Å². The van der Waals surface area contributed by atoms with E-state index in [4.69, 9.17) is 4.74 Å². The molecule has 0 aliphatic carbocycles. The van der Waals surface area contributed by atoms with Crippen molar-refractivity contribution in [3.05, 3.63) is 29.9 Å². The third kappa shape index (κ3) is 3.32. The standard InChI is InChI=1S/C17H24FN3O2/c1-12(2)21-15(7-8-19-21)16-14(6-4-10-23-16)17(22)20-9-3-5-13(18)11-20/h5,7-8,12,14,16H,3-4,6,9-11H2,1-2H3/t14-,16-/m1/s1. The van der Waals surface area contributed by atoms with Crippen LogP contribution in [0.4, 0.5) is 4.39 Å². The van der Waals surface area contributed by atoms with Gasteiger partial charge in [-0.2, -0.15) is 5.10 Å². The van der Waals surface area contributed by atoms with Crippen molar-refractivity contribution in [2.24, 2.45) is 5.92 Å². The molecular weight excluding hydrogens is 297 g/mol. The average molecular weight is 321 g/mol. The fourth-order valence-corrected chi connectivity index (χ4v) is 3.43. The van der Waals surface area contributed by atoms with Crippen molar-refractivity contribution >= 4 is 5.91 Å². The van der Waals surface area contributed by atoms with E-state index in [0.29, 0.717) is 19.6 Å². The van der Waals surface area contributed by atoms with Crippen LogP contribution in [0, 0.1) is 5.92 Å². The highest BCUT2D eigenvalue weighted by molar-refractivity contribution is 5.80. The van der Waals surface area contributed by atoms with Crippen LogP contribution in [0.15, 0.2) is 24.2 Å². The molecule has 0 aromatic carbocycles. The van der Waals surface area contributed by atoms with E-state index >= 15 is 0 Å². The summed E-state index contributed by atoms with van der Waals surface area (Å²) in [6, 6.07) is 2.13. The Bertz CT molecular complexity index is 596. The fraction of sp³-hybridized carbons (Fsp3) is 0.647. The number of amides is 1. The van der Waals surface area contributed by atoms with Gasteiger partial charge in [-0.1, -0.05) is 0 Å². The lowest BCUT2D eigenvalue weighted by molar-refractivity contribution is -0.146. The lowest BCUT2D eigenvalue weighted by Crippen LogP contribution is -2.43. The second-order valence-corrected chi connectivity index (χ2v) is 6.53. The third-order valence-corrected chi connectivity index (χ3v) is 4.54. The highest BCUT2D eigenvalue weighted by atomic mass is 19.1. The molecule has 0 bridgehead atoms. The third-order valence-electron chi connectivity index (χ3n) is 4.54. The maximum absolute atomic E-state index is 13.5. The van der Waals surface area contributed by atoms with Crippen LogP contribution in [0.3, 0.4) is 0 Å². The molecule has 3 heterocycles. The number of carbonyl (C=O) groups is 1. The predicted molar refractivity (Wildman–Crippen MR) is 84.4 cm³/mol. The van der Waals surface area contributed by atoms with Gasteiger partial charge >= 0.3 is 0 Å². The zero-order valence-corrected chi connectivity index (χ0v) is 13.7. The molecule has 23 heavy (non-hydrogen) atoms. The quantitative estimate of drug-likeness (QED) is 0.860. The minimum absolute atomic E-state index is 0.00513. The van der Waals surface area contributed by atoms with Gasteiger partial charge < -0.3 is 9.64 Å². The normalized spacial score (nSPS) is 25.6. The topological polar surface area (TPSA) is 47.4 Å². The molecule has 0 radical (unpaired) electrons. The van der Waals surface area contributed by atoms with E-state index in [1.54, 1.807) is 17.2 Å². The first-order valence-electron chi connectivity index (χ1n) is 8.36. The zero-order valence-electron chi connectivity index (χ0n) is 13.7. The van der Waals surface area contributed by atoms with Crippen LogP contribution < -0.4 is 0 Å². The first-order chi connectivity index (χ1) is 11.1. The van der Waals surface area contributed by atoms with E-state index in [1.807, 2.05) is 10.7 Å². The number of hydrogen-bond acceptors (Lipinski definition) is 3. The van der Waals surface area contributed by atoms with E-state index in [-0.39, 0.29) is 36.3 Å². The monoisotopic (exact) mass is 321 g/mol. The lowest BCUT2D eigenvalue weighted by atomic mass is 9.90. The lowest BCUT2D eigenvalue weighted by Gasteiger charge is -2.36. The number of carbonyl (C=O) groups excluding carboxylic acids is 1. The highest BCUT2D eigenvalue weighted by Gasteiger charge is 2.38. The van der Waals surface area contributed by atoms with E-state index in [1.165, 1.54) is 0 Å². The Morgan fingerprint density at radius 3 is 3.04 bits per heavy atom. The number of nitrogens with zero attached hydrogens (tertiary/aromatic N) is 3. The van der Waals surface area contributed by atoms with Crippen molar-refractivity contribution in [1.82, 2.24) is 14.7 Å². The van der Waals surface area contributed by atoms with Gasteiger partial charge in [-0.3, -0.25) is 9.48 Å². The van der Waals surface area contributed by atoms with Gasteiger partial charge in [0.1, 0.15) is 11.9 Å². The smallest absolute Gasteiger partial charge is 0.229 e. The Hall–Kier alpha value is -1.69. The van der Waals surface area contributed by atoms with Crippen LogP contribution in [-0.4, -0.2) is 40.3 Å². The highest BCUT2D eigenvalue weighted by Crippen LogP contribution is 2.36. The molecule has 0 unspecified atom stereocenters. The summed E-state index contributed by atoms with van der Waals surface area (Å²) in [5.41, 5.74) is 0.936. The molecule has 3 rings (SSSR count). The van der Waals surface area contributed by atoms with E-state index in [9.17, 15) is 9.18 Å². The summed E-state index contributed by atoms with van der Waals surface area (Å²) in [7, 11) is 0. The summed E-state index contributed by atoms with van der Waals surface area (Å²) < 4.78 is 21.4. The Kier molecular flexibility index (Phi) is 4.80. The second-order valence-electron chi connectivity index (χ2n) is 6.53. The van der Waals surface area contributed by atoms with Crippen molar-refractivity contribution in [3.63, 3.8) is 0 Å². The second kappa shape index (κ2) is 6.83. The minimum atomic E-state index is -0.296. The maximum Gasteiger partial charge on any atom is 0.229 e. The van der Waals surface area contributed by atoms with Crippen molar-refractivity contribution in [3.8, 4) is 0 Å². The molecule has 5 nitrogen and oxygen atoms in total.